The van der Waals surface area contributed by atoms with Crippen molar-refractivity contribution in [3.8, 4) is 0 Å². The van der Waals surface area contributed by atoms with Crippen molar-refractivity contribution in [3.63, 3.8) is 0 Å². The highest BCUT2D eigenvalue weighted by molar-refractivity contribution is 7.91. The third kappa shape index (κ3) is 2.53. The minimum atomic E-state index is -3.02. The standard InChI is InChI=1S/C9H16N2O4S/c12-7-10-8-5-16(13,14)6-9(8)11-1-3-15-4-2-11/h7-9H,1-6H2,(H,10,12)/t8-,9+/m1/s1. The van der Waals surface area contributed by atoms with Crippen molar-refractivity contribution in [2.75, 3.05) is 37.8 Å². The van der Waals surface area contributed by atoms with Crippen LogP contribution in [0.5, 0.6) is 0 Å². The summed E-state index contributed by atoms with van der Waals surface area (Å²) >= 11 is 0. The summed E-state index contributed by atoms with van der Waals surface area (Å²) in [5, 5.41) is 2.61. The second kappa shape index (κ2) is 4.68. The summed E-state index contributed by atoms with van der Waals surface area (Å²) in [4.78, 5) is 12.5. The Hall–Kier alpha value is -0.660. The van der Waals surface area contributed by atoms with Gasteiger partial charge < -0.3 is 10.1 Å². The predicted octanol–water partition coefficient (Wildman–Crippen LogP) is -1.77. The molecule has 0 aliphatic carbocycles. The van der Waals surface area contributed by atoms with Gasteiger partial charge in [0.2, 0.25) is 6.41 Å². The van der Waals surface area contributed by atoms with Crippen LogP contribution in [0.25, 0.3) is 0 Å². The molecule has 0 saturated carbocycles. The van der Waals surface area contributed by atoms with E-state index in [-0.39, 0.29) is 23.6 Å². The van der Waals surface area contributed by atoms with Crippen molar-refractivity contribution >= 4 is 16.2 Å². The molecule has 2 rings (SSSR count). The highest BCUT2D eigenvalue weighted by atomic mass is 32.2. The first-order chi connectivity index (χ1) is 7.62. The normalized spacial score (nSPS) is 34.8. The minimum Gasteiger partial charge on any atom is -0.379 e. The zero-order chi connectivity index (χ0) is 11.6. The van der Waals surface area contributed by atoms with E-state index in [9.17, 15) is 13.2 Å². The van der Waals surface area contributed by atoms with Crippen molar-refractivity contribution in [3.05, 3.63) is 0 Å². The quantitative estimate of drug-likeness (QED) is 0.598. The molecule has 0 spiro atoms. The van der Waals surface area contributed by atoms with E-state index in [1.807, 2.05) is 0 Å². The minimum absolute atomic E-state index is 0.0494. The molecule has 1 N–H and O–H groups in total. The van der Waals surface area contributed by atoms with Gasteiger partial charge in [0.1, 0.15) is 0 Å². The highest BCUT2D eigenvalue weighted by Gasteiger charge is 2.41. The molecule has 0 bridgehead atoms. The fourth-order valence-corrected chi connectivity index (χ4v) is 4.31. The zero-order valence-electron chi connectivity index (χ0n) is 8.96. The van der Waals surface area contributed by atoms with E-state index in [2.05, 4.69) is 10.2 Å². The summed E-state index contributed by atoms with van der Waals surface area (Å²) in [7, 11) is -3.02. The average Bonchev–Trinajstić information content (AvgIpc) is 2.56. The van der Waals surface area contributed by atoms with Gasteiger partial charge in [-0.15, -0.1) is 0 Å². The lowest BCUT2D eigenvalue weighted by Crippen LogP contribution is -2.52. The Bertz CT molecular complexity index is 351. The molecule has 92 valence electrons. The first-order valence-corrected chi connectivity index (χ1v) is 7.16. The Morgan fingerprint density at radius 2 is 1.94 bits per heavy atom. The molecule has 1 amide bonds. The van der Waals surface area contributed by atoms with Crippen LogP contribution in [0.2, 0.25) is 0 Å². The van der Waals surface area contributed by atoms with Crippen molar-refractivity contribution < 1.29 is 17.9 Å². The molecule has 6 nitrogen and oxygen atoms in total. The Morgan fingerprint density at radius 1 is 1.25 bits per heavy atom. The summed E-state index contributed by atoms with van der Waals surface area (Å²) in [5.41, 5.74) is 0. The number of nitrogens with zero attached hydrogens (tertiary/aromatic N) is 1. The van der Waals surface area contributed by atoms with Crippen molar-refractivity contribution in [1.82, 2.24) is 10.2 Å². The average molecular weight is 248 g/mol. The van der Waals surface area contributed by atoms with Gasteiger partial charge >= 0.3 is 0 Å². The first-order valence-electron chi connectivity index (χ1n) is 5.34. The largest absolute Gasteiger partial charge is 0.379 e. The van der Waals surface area contributed by atoms with Crippen LogP contribution in [-0.2, 0) is 19.4 Å². The third-order valence-electron chi connectivity index (χ3n) is 3.12. The van der Waals surface area contributed by atoms with E-state index in [0.29, 0.717) is 19.6 Å². The van der Waals surface area contributed by atoms with E-state index in [0.717, 1.165) is 13.1 Å². The number of nitrogens with one attached hydrogen (secondary N) is 1. The second-order valence-electron chi connectivity index (χ2n) is 4.18. The molecule has 2 fully saturated rings. The summed E-state index contributed by atoms with van der Waals surface area (Å²) in [5.74, 6) is 0.187. The lowest BCUT2D eigenvalue weighted by atomic mass is 10.1. The first kappa shape index (κ1) is 11.8. The molecular weight excluding hydrogens is 232 g/mol. The van der Waals surface area contributed by atoms with Crippen LogP contribution in [0.4, 0.5) is 0 Å². The van der Waals surface area contributed by atoms with Gasteiger partial charge in [-0.2, -0.15) is 0 Å². The summed E-state index contributed by atoms with van der Waals surface area (Å²) in [6.07, 6.45) is 0.582. The van der Waals surface area contributed by atoms with Crippen LogP contribution in [0.3, 0.4) is 0 Å². The van der Waals surface area contributed by atoms with E-state index in [4.69, 9.17) is 4.74 Å². The number of rotatable bonds is 3. The predicted molar refractivity (Wildman–Crippen MR) is 57.8 cm³/mol. The number of ether oxygens (including phenoxy) is 1. The molecule has 16 heavy (non-hydrogen) atoms. The smallest absolute Gasteiger partial charge is 0.207 e. The van der Waals surface area contributed by atoms with Crippen LogP contribution < -0.4 is 5.32 Å². The van der Waals surface area contributed by atoms with E-state index >= 15 is 0 Å². The van der Waals surface area contributed by atoms with Gasteiger partial charge in [-0.25, -0.2) is 8.42 Å². The molecule has 2 aliphatic rings. The van der Waals surface area contributed by atoms with Crippen LogP contribution in [-0.4, -0.2) is 69.6 Å². The van der Waals surface area contributed by atoms with Crippen molar-refractivity contribution in [2.45, 2.75) is 12.1 Å². The number of morpholine rings is 1. The maximum atomic E-state index is 11.6. The van der Waals surface area contributed by atoms with Gasteiger partial charge in [0.05, 0.1) is 30.8 Å². The topological polar surface area (TPSA) is 75.7 Å². The van der Waals surface area contributed by atoms with Crippen LogP contribution in [0.1, 0.15) is 0 Å². The number of carbonyl (C=O) groups excluding carboxylic acids is 1. The molecule has 0 unspecified atom stereocenters. The number of amides is 1. The van der Waals surface area contributed by atoms with Crippen LogP contribution in [0.15, 0.2) is 0 Å². The van der Waals surface area contributed by atoms with Gasteiger partial charge in [-0.3, -0.25) is 9.69 Å². The number of hydrogen-bond acceptors (Lipinski definition) is 5. The molecule has 7 heteroatoms. The summed E-state index contributed by atoms with van der Waals surface area (Å²) in [6, 6.07) is -0.375. The molecule has 0 aromatic carbocycles. The van der Waals surface area contributed by atoms with Gasteiger partial charge in [0, 0.05) is 19.1 Å². The highest BCUT2D eigenvalue weighted by Crippen LogP contribution is 2.19. The monoisotopic (exact) mass is 248 g/mol. The van der Waals surface area contributed by atoms with Gasteiger partial charge in [0.25, 0.3) is 0 Å². The molecule has 0 aromatic rings. The number of carbonyl (C=O) groups is 1. The van der Waals surface area contributed by atoms with Crippen LogP contribution in [0, 0.1) is 0 Å². The lowest BCUT2D eigenvalue weighted by Gasteiger charge is -2.34. The summed E-state index contributed by atoms with van der Waals surface area (Å²) in [6.45, 7) is 2.73. The SMILES string of the molecule is O=CN[C@@H]1CS(=O)(=O)C[C@@H]1N1CCOCC1. The molecule has 0 radical (unpaired) electrons. The number of hydrogen-bond donors (Lipinski definition) is 1. The molecule has 2 atom stereocenters. The van der Waals surface area contributed by atoms with E-state index in [1.54, 1.807) is 0 Å². The van der Waals surface area contributed by atoms with Crippen molar-refractivity contribution in [2.24, 2.45) is 0 Å². The maximum absolute atomic E-state index is 11.6. The Balaban J connectivity index is 2.07. The fourth-order valence-electron chi connectivity index (χ4n) is 2.34. The molecular formula is C9H16N2O4S. The number of sulfone groups is 1. The van der Waals surface area contributed by atoms with Gasteiger partial charge in [0.15, 0.2) is 9.84 Å². The van der Waals surface area contributed by atoms with Crippen molar-refractivity contribution in [1.29, 1.82) is 0 Å². The second-order valence-corrected chi connectivity index (χ2v) is 6.34. The zero-order valence-corrected chi connectivity index (χ0v) is 9.78. The Morgan fingerprint density at radius 3 is 2.56 bits per heavy atom. The van der Waals surface area contributed by atoms with E-state index < -0.39 is 9.84 Å². The molecule has 2 saturated heterocycles. The third-order valence-corrected chi connectivity index (χ3v) is 4.84. The molecule has 2 aliphatic heterocycles. The van der Waals surface area contributed by atoms with Crippen LogP contribution >= 0.6 is 0 Å². The fraction of sp³-hybridized carbons (Fsp3) is 0.889. The Labute approximate surface area is 94.9 Å². The maximum Gasteiger partial charge on any atom is 0.207 e. The van der Waals surface area contributed by atoms with E-state index in [1.165, 1.54) is 0 Å². The van der Waals surface area contributed by atoms with Gasteiger partial charge in [-0.05, 0) is 0 Å². The summed E-state index contributed by atoms with van der Waals surface area (Å²) < 4.78 is 28.3. The van der Waals surface area contributed by atoms with Gasteiger partial charge in [-0.1, -0.05) is 0 Å². The molecule has 0 aromatic heterocycles. The Kier molecular flexibility index (Phi) is 3.46. The lowest BCUT2D eigenvalue weighted by molar-refractivity contribution is -0.110. The molecule has 2 heterocycles.